The third kappa shape index (κ3) is 8.07. The number of nitriles is 1. The maximum absolute atomic E-state index is 9.22. The Morgan fingerprint density at radius 2 is 1.87 bits per heavy atom. The summed E-state index contributed by atoms with van der Waals surface area (Å²) in [6, 6.07) is 7.86. The van der Waals surface area contributed by atoms with Gasteiger partial charge in [-0.25, -0.2) is 0 Å². The first kappa shape index (κ1) is 20.7. The van der Waals surface area contributed by atoms with Crippen LogP contribution >= 0.6 is 0 Å². The quantitative estimate of drug-likeness (QED) is 0.598. The van der Waals surface area contributed by atoms with E-state index in [1.54, 1.807) is 0 Å². The zero-order valence-corrected chi connectivity index (χ0v) is 15.5. The zero-order chi connectivity index (χ0) is 17.8. The van der Waals surface area contributed by atoms with E-state index in [0.717, 1.165) is 11.1 Å². The van der Waals surface area contributed by atoms with Gasteiger partial charge in [0.15, 0.2) is 0 Å². The largest absolute Gasteiger partial charge is 0.490 e. The molecule has 0 aliphatic heterocycles. The molecule has 0 heterocycles. The van der Waals surface area contributed by atoms with Gasteiger partial charge in [0.1, 0.15) is 11.8 Å². The molecule has 0 radical (unpaired) electrons. The molecule has 0 spiro atoms. The molecule has 0 saturated heterocycles. The van der Waals surface area contributed by atoms with Crippen molar-refractivity contribution in [3.05, 3.63) is 58.7 Å². The van der Waals surface area contributed by atoms with Crippen molar-refractivity contribution in [1.82, 2.24) is 0 Å². The highest BCUT2D eigenvalue weighted by Crippen LogP contribution is 2.21. The number of ether oxygens (including phenoxy) is 1. The maximum atomic E-state index is 9.22. The van der Waals surface area contributed by atoms with Crippen molar-refractivity contribution in [2.75, 3.05) is 0 Å². The minimum absolute atomic E-state index is 0.0609. The molecule has 0 aromatic heterocycles. The minimum Gasteiger partial charge on any atom is -0.490 e. The Morgan fingerprint density at radius 1 is 1.22 bits per heavy atom. The van der Waals surface area contributed by atoms with Crippen molar-refractivity contribution in [2.24, 2.45) is 0 Å². The van der Waals surface area contributed by atoms with E-state index in [4.69, 9.17) is 4.74 Å². The number of allylic oxidation sites excluding steroid dienone is 5. The van der Waals surface area contributed by atoms with Crippen molar-refractivity contribution in [1.29, 1.82) is 5.26 Å². The molecule has 23 heavy (non-hydrogen) atoms. The van der Waals surface area contributed by atoms with Crippen molar-refractivity contribution < 1.29 is 4.74 Å². The molecular weight excluding hydrogens is 282 g/mol. The average Bonchev–Trinajstić information content (AvgIpc) is 2.53. The Hall–Kier alpha value is -2.27. The van der Waals surface area contributed by atoms with Crippen molar-refractivity contribution in [3.8, 4) is 11.8 Å². The Balaban J connectivity index is 0.00000232. The Kier molecular flexibility index (Phi) is 10.2. The molecule has 124 valence electrons. The molecule has 0 aliphatic rings. The van der Waals surface area contributed by atoms with Gasteiger partial charge < -0.3 is 4.74 Å². The number of hydrogen-bond donors (Lipinski definition) is 0. The van der Waals surface area contributed by atoms with E-state index in [2.05, 4.69) is 32.1 Å². The van der Waals surface area contributed by atoms with E-state index in [0.29, 0.717) is 11.3 Å². The van der Waals surface area contributed by atoms with Gasteiger partial charge in [-0.2, -0.15) is 5.26 Å². The normalized spacial score (nSPS) is 10.8. The molecule has 0 amide bonds. The third-order valence-electron chi connectivity index (χ3n) is 2.74. The van der Waals surface area contributed by atoms with Gasteiger partial charge in [-0.15, -0.1) is 0 Å². The monoisotopic (exact) mass is 311 g/mol. The van der Waals surface area contributed by atoms with Crippen LogP contribution < -0.4 is 4.74 Å². The Bertz CT molecular complexity index is 609. The second-order valence-electron chi connectivity index (χ2n) is 5.38. The molecule has 0 saturated carbocycles. The second-order valence-corrected chi connectivity index (χ2v) is 5.38. The van der Waals surface area contributed by atoms with Crippen LogP contribution in [0.15, 0.2) is 47.6 Å². The van der Waals surface area contributed by atoms with Crippen LogP contribution in [-0.4, -0.2) is 6.10 Å². The van der Waals surface area contributed by atoms with Crippen molar-refractivity contribution in [3.63, 3.8) is 0 Å². The van der Waals surface area contributed by atoms with E-state index in [1.807, 2.05) is 65.0 Å². The third-order valence-corrected chi connectivity index (χ3v) is 2.74. The predicted octanol–water partition coefficient (Wildman–Crippen LogP) is 6.30. The molecule has 1 rings (SSSR count). The molecule has 1 aromatic rings. The first-order valence-electron chi connectivity index (χ1n) is 8.16. The van der Waals surface area contributed by atoms with Crippen molar-refractivity contribution >= 4 is 6.08 Å². The lowest BCUT2D eigenvalue weighted by Crippen LogP contribution is -2.06. The summed E-state index contributed by atoms with van der Waals surface area (Å²) < 4.78 is 5.62. The summed E-state index contributed by atoms with van der Waals surface area (Å²) in [6.45, 7) is 14.1. The number of benzene rings is 1. The molecule has 1 aromatic carbocycles. The molecule has 2 heteroatoms. The van der Waals surface area contributed by atoms with Crippen LogP contribution in [0.3, 0.4) is 0 Å². The van der Waals surface area contributed by atoms with Crippen LogP contribution in [0.5, 0.6) is 5.75 Å². The van der Waals surface area contributed by atoms with E-state index >= 15 is 0 Å². The first-order valence-corrected chi connectivity index (χ1v) is 8.16. The summed E-state index contributed by atoms with van der Waals surface area (Å²) in [6.07, 6.45) is 8.30. The van der Waals surface area contributed by atoms with Crippen molar-refractivity contribution in [2.45, 2.75) is 54.6 Å². The van der Waals surface area contributed by atoms with Crippen LogP contribution in [0, 0.1) is 11.3 Å². The lowest BCUT2D eigenvalue weighted by atomic mass is 10.1. The number of nitrogens with zero attached hydrogens (tertiary/aromatic N) is 1. The molecule has 0 aliphatic carbocycles. The molecule has 2 nitrogen and oxygen atoms in total. The molecular formula is C21H29NO. The SMILES string of the molecule is C/C=C(C=C(C)C)/C=C/c1ccc(OC(C)C)c(C#N)c1.CC. The summed E-state index contributed by atoms with van der Waals surface area (Å²) in [5, 5.41) is 9.22. The number of rotatable bonds is 5. The van der Waals surface area contributed by atoms with E-state index in [9.17, 15) is 5.26 Å². The van der Waals surface area contributed by atoms with Crippen LogP contribution in [0.25, 0.3) is 6.08 Å². The smallest absolute Gasteiger partial charge is 0.137 e. The van der Waals surface area contributed by atoms with Crippen LogP contribution in [-0.2, 0) is 0 Å². The highest BCUT2D eigenvalue weighted by atomic mass is 16.5. The minimum atomic E-state index is 0.0609. The van der Waals surface area contributed by atoms with Gasteiger partial charge >= 0.3 is 0 Å². The Labute approximate surface area is 141 Å². The second kappa shape index (κ2) is 11.3. The molecule has 0 fully saturated rings. The lowest BCUT2D eigenvalue weighted by Gasteiger charge is -2.11. The summed E-state index contributed by atoms with van der Waals surface area (Å²) in [4.78, 5) is 0. The molecule has 0 atom stereocenters. The van der Waals surface area contributed by atoms with Gasteiger partial charge in [0.2, 0.25) is 0 Å². The summed E-state index contributed by atoms with van der Waals surface area (Å²) in [7, 11) is 0. The highest BCUT2D eigenvalue weighted by Gasteiger charge is 2.05. The van der Waals surface area contributed by atoms with Gasteiger partial charge in [-0.1, -0.05) is 49.8 Å². The summed E-state index contributed by atoms with van der Waals surface area (Å²) in [5.74, 6) is 0.639. The van der Waals surface area contributed by atoms with Gasteiger partial charge in [-0.05, 0) is 57.9 Å². The topological polar surface area (TPSA) is 33.0 Å². The van der Waals surface area contributed by atoms with Gasteiger partial charge in [0.05, 0.1) is 11.7 Å². The van der Waals surface area contributed by atoms with Gasteiger partial charge in [0.25, 0.3) is 0 Å². The Morgan fingerprint density at radius 3 is 2.35 bits per heavy atom. The number of hydrogen-bond acceptors (Lipinski definition) is 2. The highest BCUT2D eigenvalue weighted by molar-refractivity contribution is 5.59. The van der Waals surface area contributed by atoms with E-state index < -0.39 is 0 Å². The summed E-state index contributed by atoms with van der Waals surface area (Å²) >= 11 is 0. The van der Waals surface area contributed by atoms with Crippen LogP contribution in [0.1, 0.15) is 59.6 Å². The molecule has 0 unspecified atom stereocenters. The van der Waals surface area contributed by atoms with Crippen LogP contribution in [0.4, 0.5) is 0 Å². The van der Waals surface area contributed by atoms with Gasteiger partial charge in [0, 0.05) is 0 Å². The standard InChI is InChI=1S/C19H23NO.C2H6/c1-6-16(11-14(2)3)7-8-17-9-10-19(21-15(4)5)18(12-17)13-20;1-2/h6-12,15H,1-5H3;1-2H3/b8-7+,16-6-;. The fourth-order valence-corrected chi connectivity index (χ4v) is 1.85. The zero-order valence-electron chi connectivity index (χ0n) is 15.5. The maximum Gasteiger partial charge on any atom is 0.137 e. The lowest BCUT2D eigenvalue weighted by molar-refractivity contribution is 0.241. The fraction of sp³-hybridized carbons (Fsp3) is 0.381. The average molecular weight is 311 g/mol. The van der Waals surface area contributed by atoms with E-state index in [1.165, 1.54) is 5.57 Å². The van der Waals surface area contributed by atoms with Gasteiger partial charge in [-0.3, -0.25) is 0 Å². The summed E-state index contributed by atoms with van der Waals surface area (Å²) in [5.41, 5.74) is 3.96. The molecule has 0 N–H and O–H groups in total. The fourth-order valence-electron chi connectivity index (χ4n) is 1.85. The predicted molar refractivity (Wildman–Crippen MR) is 100 cm³/mol. The molecule has 0 bridgehead atoms. The van der Waals surface area contributed by atoms with Crippen LogP contribution in [0.2, 0.25) is 0 Å². The first-order chi connectivity index (χ1) is 11.0. The van der Waals surface area contributed by atoms with E-state index in [-0.39, 0.29) is 6.10 Å².